The van der Waals surface area contributed by atoms with Crippen LogP contribution in [-0.4, -0.2) is 48.2 Å². The summed E-state index contributed by atoms with van der Waals surface area (Å²) in [7, 11) is 0. The molecule has 154 valence electrons. The average Bonchev–Trinajstić information content (AvgIpc) is 3.38. The molecular formula is C21H25N3O4S. The summed E-state index contributed by atoms with van der Waals surface area (Å²) in [5.74, 6) is 1.25. The Morgan fingerprint density at radius 2 is 2.03 bits per heavy atom. The maximum absolute atomic E-state index is 13.1. The number of hydrogen-bond donors (Lipinski definition) is 1. The first-order valence-electron chi connectivity index (χ1n) is 9.43. The first-order valence-corrected chi connectivity index (χ1v) is 10.3. The summed E-state index contributed by atoms with van der Waals surface area (Å²) in [5, 5.41) is 4.72. The first-order chi connectivity index (χ1) is 14.1. The highest BCUT2D eigenvalue weighted by Crippen LogP contribution is 2.33. The fraction of sp³-hybridized carbons (Fsp3) is 0.333. The van der Waals surface area contributed by atoms with Gasteiger partial charge in [-0.3, -0.25) is 4.79 Å². The number of ether oxygens (including phenoxy) is 2. The lowest BCUT2D eigenvalue weighted by atomic mass is 10.2. The zero-order chi connectivity index (χ0) is 20.6. The van der Waals surface area contributed by atoms with Crippen molar-refractivity contribution in [1.82, 2.24) is 15.1 Å². The maximum Gasteiger partial charge on any atom is 0.318 e. The Morgan fingerprint density at radius 3 is 2.76 bits per heavy atom. The Kier molecular flexibility index (Phi) is 7.13. The van der Waals surface area contributed by atoms with Crippen molar-refractivity contribution in [3.63, 3.8) is 0 Å². The van der Waals surface area contributed by atoms with Crippen molar-refractivity contribution in [2.45, 2.75) is 20.0 Å². The van der Waals surface area contributed by atoms with E-state index in [2.05, 4.69) is 11.9 Å². The van der Waals surface area contributed by atoms with Gasteiger partial charge in [0, 0.05) is 24.5 Å². The van der Waals surface area contributed by atoms with E-state index >= 15 is 0 Å². The molecule has 3 amide bonds. The van der Waals surface area contributed by atoms with Gasteiger partial charge in [-0.1, -0.05) is 18.2 Å². The second kappa shape index (κ2) is 9.97. The Bertz CT molecular complexity index is 854. The minimum Gasteiger partial charge on any atom is -0.454 e. The molecule has 0 unspecified atom stereocenters. The highest BCUT2D eigenvalue weighted by Gasteiger charge is 2.22. The summed E-state index contributed by atoms with van der Waals surface area (Å²) < 4.78 is 10.8. The molecule has 7 nitrogen and oxygen atoms in total. The van der Waals surface area contributed by atoms with Gasteiger partial charge in [0.2, 0.25) is 12.7 Å². The van der Waals surface area contributed by atoms with Crippen LogP contribution in [0.4, 0.5) is 4.79 Å². The predicted molar refractivity (Wildman–Crippen MR) is 112 cm³/mol. The van der Waals surface area contributed by atoms with Crippen LogP contribution >= 0.6 is 11.3 Å². The number of benzene rings is 1. The van der Waals surface area contributed by atoms with Crippen molar-refractivity contribution in [3.05, 3.63) is 58.8 Å². The number of carbonyl (C=O) groups is 2. The summed E-state index contributed by atoms with van der Waals surface area (Å²) >= 11 is 1.60. The van der Waals surface area contributed by atoms with Crippen LogP contribution in [0.15, 0.2) is 48.4 Å². The maximum atomic E-state index is 13.1. The third-order valence-corrected chi connectivity index (χ3v) is 5.24. The van der Waals surface area contributed by atoms with Crippen molar-refractivity contribution in [2.24, 2.45) is 0 Å². The van der Waals surface area contributed by atoms with E-state index in [-0.39, 0.29) is 25.3 Å². The Balaban J connectivity index is 1.75. The van der Waals surface area contributed by atoms with Gasteiger partial charge in [0.15, 0.2) is 11.5 Å². The highest BCUT2D eigenvalue weighted by atomic mass is 32.1. The molecule has 2 aromatic rings. The largest absolute Gasteiger partial charge is 0.454 e. The van der Waals surface area contributed by atoms with E-state index in [4.69, 9.17) is 9.47 Å². The molecule has 8 heteroatoms. The van der Waals surface area contributed by atoms with Gasteiger partial charge in [-0.2, -0.15) is 0 Å². The lowest BCUT2D eigenvalue weighted by molar-refractivity contribution is -0.133. The topological polar surface area (TPSA) is 71.1 Å². The lowest BCUT2D eigenvalue weighted by Gasteiger charge is -2.27. The van der Waals surface area contributed by atoms with Crippen LogP contribution in [0.5, 0.6) is 11.5 Å². The molecule has 3 rings (SSSR count). The minimum atomic E-state index is -0.278. The SMILES string of the molecule is C=CCN(CC(=O)N(Cc1ccc2c(c1)OCO2)Cc1cccs1)C(=O)NCC. The average molecular weight is 416 g/mol. The summed E-state index contributed by atoms with van der Waals surface area (Å²) in [6.07, 6.45) is 1.62. The second-order valence-electron chi connectivity index (χ2n) is 6.52. The van der Waals surface area contributed by atoms with Gasteiger partial charge in [0.05, 0.1) is 6.54 Å². The third-order valence-electron chi connectivity index (χ3n) is 4.38. The number of nitrogens with one attached hydrogen (secondary N) is 1. The summed E-state index contributed by atoms with van der Waals surface area (Å²) in [6, 6.07) is 9.35. The van der Waals surface area contributed by atoms with Crippen LogP contribution in [0, 0.1) is 0 Å². The molecule has 0 radical (unpaired) electrons. The number of fused-ring (bicyclic) bond motifs is 1. The van der Waals surface area contributed by atoms with Crippen molar-refractivity contribution in [3.8, 4) is 11.5 Å². The fourth-order valence-corrected chi connectivity index (χ4v) is 3.70. The van der Waals surface area contributed by atoms with E-state index in [1.54, 1.807) is 22.3 Å². The summed E-state index contributed by atoms with van der Waals surface area (Å²) in [5.41, 5.74) is 0.937. The smallest absolute Gasteiger partial charge is 0.318 e. The zero-order valence-corrected chi connectivity index (χ0v) is 17.2. The van der Waals surface area contributed by atoms with Crippen LogP contribution in [0.25, 0.3) is 0 Å². The van der Waals surface area contributed by atoms with Crippen molar-refractivity contribution < 1.29 is 19.1 Å². The first kappa shape index (κ1) is 20.7. The van der Waals surface area contributed by atoms with Gasteiger partial charge < -0.3 is 24.6 Å². The molecule has 29 heavy (non-hydrogen) atoms. The van der Waals surface area contributed by atoms with E-state index in [0.717, 1.165) is 10.4 Å². The number of hydrogen-bond acceptors (Lipinski definition) is 5. The number of carbonyl (C=O) groups excluding carboxylic acids is 2. The van der Waals surface area contributed by atoms with Crippen molar-refractivity contribution in [1.29, 1.82) is 0 Å². The number of rotatable bonds is 9. The molecule has 1 aromatic heterocycles. The van der Waals surface area contributed by atoms with Crippen LogP contribution < -0.4 is 14.8 Å². The molecule has 1 N–H and O–H groups in total. The van der Waals surface area contributed by atoms with Gasteiger partial charge >= 0.3 is 6.03 Å². The lowest BCUT2D eigenvalue weighted by Crippen LogP contribution is -2.46. The van der Waals surface area contributed by atoms with Crippen LogP contribution in [0.2, 0.25) is 0 Å². The molecule has 0 bridgehead atoms. The zero-order valence-electron chi connectivity index (χ0n) is 16.4. The van der Waals surface area contributed by atoms with E-state index in [9.17, 15) is 9.59 Å². The molecule has 0 aliphatic carbocycles. The Morgan fingerprint density at radius 1 is 1.21 bits per heavy atom. The monoisotopic (exact) mass is 415 g/mol. The number of nitrogens with zero attached hydrogens (tertiary/aromatic N) is 2. The van der Waals surface area contributed by atoms with E-state index in [1.165, 1.54) is 4.90 Å². The fourth-order valence-electron chi connectivity index (χ4n) is 2.98. The summed E-state index contributed by atoms with van der Waals surface area (Å²) in [6.45, 7) is 7.39. The van der Waals surface area contributed by atoms with Gasteiger partial charge in [-0.15, -0.1) is 17.9 Å². The standard InChI is InChI=1S/C21H25N3O4S/c1-3-9-23(21(26)22-4-2)14-20(25)24(13-17-6-5-10-29-17)12-16-7-8-18-19(11-16)28-15-27-18/h3,5-8,10-11H,1,4,9,12-15H2,2H3,(H,22,26). The minimum absolute atomic E-state index is 0.0201. The summed E-state index contributed by atoms with van der Waals surface area (Å²) in [4.78, 5) is 29.7. The molecule has 0 saturated carbocycles. The quantitative estimate of drug-likeness (QED) is 0.639. The molecule has 1 aromatic carbocycles. The predicted octanol–water partition coefficient (Wildman–Crippen LogP) is 3.22. The molecule has 1 aliphatic heterocycles. The molecular weight excluding hydrogens is 390 g/mol. The molecule has 0 atom stereocenters. The second-order valence-corrected chi connectivity index (χ2v) is 7.55. The normalized spacial score (nSPS) is 11.8. The van der Waals surface area contributed by atoms with Gasteiger partial charge in [0.25, 0.3) is 0 Å². The number of urea groups is 1. The Hall–Kier alpha value is -3.00. The van der Waals surface area contributed by atoms with Gasteiger partial charge in [-0.25, -0.2) is 4.79 Å². The van der Waals surface area contributed by atoms with Gasteiger partial charge in [0.1, 0.15) is 6.54 Å². The van der Waals surface area contributed by atoms with E-state index in [1.807, 2.05) is 42.6 Å². The molecule has 0 fully saturated rings. The van der Waals surface area contributed by atoms with Crippen LogP contribution in [0.1, 0.15) is 17.4 Å². The van der Waals surface area contributed by atoms with Crippen molar-refractivity contribution >= 4 is 23.3 Å². The molecule has 1 aliphatic rings. The third kappa shape index (κ3) is 5.51. The van der Waals surface area contributed by atoms with Crippen LogP contribution in [-0.2, 0) is 17.9 Å². The Labute approximate surface area is 174 Å². The molecule has 0 spiro atoms. The number of amides is 3. The van der Waals surface area contributed by atoms with Gasteiger partial charge in [-0.05, 0) is 36.1 Å². The van der Waals surface area contributed by atoms with E-state index < -0.39 is 0 Å². The van der Waals surface area contributed by atoms with Crippen molar-refractivity contribution in [2.75, 3.05) is 26.4 Å². The van der Waals surface area contributed by atoms with Crippen LogP contribution in [0.3, 0.4) is 0 Å². The van der Waals surface area contributed by atoms with E-state index in [0.29, 0.717) is 37.7 Å². The molecule has 2 heterocycles. The molecule has 0 saturated heterocycles. The highest BCUT2D eigenvalue weighted by molar-refractivity contribution is 7.09. The number of thiophene rings is 1.